The maximum absolute atomic E-state index is 10.7. The van der Waals surface area contributed by atoms with Crippen molar-refractivity contribution in [3.63, 3.8) is 0 Å². The molecule has 3 N–H and O–H groups in total. The van der Waals surface area contributed by atoms with Gasteiger partial charge in [-0.1, -0.05) is 6.07 Å². The van der Waals surface area contributed by atoms with E-state index in [4.69, 9.17) is 11.0 Å². The highest BCUT2D eigenvalue weighted by Gasteiger charge is 2.09. The summed E-state index contributed by atoms with van der Waals surface area (Å²) in [6.45, 7) is 1.89. The molecule has 0 unspecified atom stereocenters. The average molecular weight is 268 g/mol. The molecule has 0 saturated heterocycles. The topological polar surface area (TPSA) is 105 Å². The lowest BCUT2D eigenvalue weighted by atomic mass is 10.1. The molecule has 6 heteroatoms. The summed E-state index contributed by atoms with van der Waals surface area (Å²) < 4.78 is 0. The Labute approximate surface area is 115 Å². The molecule has 20 heavy (non-hydrogen) atoms. The van der Waals surface area contributed by atoms with E-state index in [2.05, 4.69) is 11.4 Å². The molecule has 2 aromatic rings. The van der Waals surface area contributed by atoms with Crippen molar-refractivity contribution in [3.05, 3.63) is 57.6 Å². The van der Waals surface area contributed by atoms with E-state index < -0.39 is 4.92 Å². The molecular weight excluding hydrogens is 256 g/mol. The van der Waals surface area contributed by atoms with Crippen LogP contribution in [0.15, 0.2) is 36.4 Å². The van der Waals surface area contributed by atoms with Crippen LogP contribution in [0.4, 0.5) is 22.7 Å². The predicted octanol–water partition coefficient (Wildman–Crippen LogP) is 3.10. The number of aryl methyl sites for hydroxylation is 1. The number of nitrogens with one attached hydrogen (secondary N) is 1. The second-order valence-corrected chi connectivity index (χ2v) is 4.30. The second-order valence-electron chi connectivity index (χ2n) is 4.30. The lowest BCUT2D eigenvalue weighted by Crippen LogP contribution is -1.99. The summed E-state index contributed by atoms with van der Waals surface area (Å²) in [5.74, 6) is 0. The number of nitriles is 1. The number of nitrogens with two attached hydrogens (primary N) is 1. The Bertz CT molecular complexity index is 720. The fourth-order valence-electron chi connectivity index (χ4n) is 1.75. The van der Waals surface area contributed by atoms with Gasteiger partial charge in [-0.2, -0.15) is 5.26 Å². The first-order valence-electron chi connectivity index (χ1n) is 5.83. The minimum atomic E-state index is -0.498. The maximum Gasteiger partial charge on any atom is 0.271 e. The van der Waals surface area contributed by atoms with Gasteiger partial charge >= 0.3 is 0 Å². The summed E-state index contributed by atoms with van der Waals surface area (Å²) in [6, 6.07) is 11.5. The van der Waals surface area contributed by atoms with Gasteiger partial charge in [0.2, 0.25) is 0 Å². The zero-order chi connectivity index (χ0) is 14.7. The monoisotopic (exact) mass is 268 g/mol. The zero-order valence-electron chi connectivity index (χ0n) is 10.8. The first-order valence-corrected chi connectivity index (χ1v) is 5.83. The number of nitro groups is 1. The highest BCUT2D eigenvalue weighted by atomic mass is 16.6. The van der Waals surface area contributed by atoms with Crippen molar-refractivity contribution in [1.82, 2.24) is 0 Å². The van der Waals surface area contributed by atoms with Crippen molar-refractivity contribution in [2.24, 2.45) is 0 Å². The minimum absolute atomic E-state index is 0.0597. The van der Waals surface area contributed by atoms with E-state index in [1.807, 2.05) is 13.0 Å². The number of anilines is 3. The van der Waals surface area contributed by atoms with Crippen LogP contribution in [-0.4, -0.2) is 4.92 Å². The molecule has 0 bridgehead atoms. The molecule has 2 rings (SSSR count). The Kier molecular flexibility index (Phi) is 3.53. The van der Waals surface area contributed by atoms with Crippen LogP contribution in [0.3, 0.4) is 0 Å². The third kappa shape index (κ3) is 2.67. The Hall–Kier alpha value is -3.07. The van der Waals surface area contributed by atoms with Gasteiger partial charge in [0.25, 0.3) is 5.69 Å². The number of non-ortho nitro benzene ring substituents is 1. The van der Waals surface area contributed by atoms with Crippen LogP contribution in [-0.2, 0) is 0 Å². The molecule has 0 atom stereocenters. The molecule has 0 fully saturated rings. The number of hydrogen-bond acceptors (Lipinski definition) is 5. The van der Waals surface area contributed by atoms with Crippen molar-refractivity contribution >= 4 is 22.7 Å². The molecular formula is C14H12N4O2. The van der Waals surface area contributed by atoms with E-state index in [1.54, 1.807) is 18.2 Å². The highest BCUT2D eigenvalue weighted by Crippen LogP contribution is 2.28. The smallest absolute Gasteiger partial charge is 0.271 e. The molecule has 0 amide bonds. The van der Waals surface area contributed by atoms with Crippen LogP contribution in [0.25, 0.3) is 0 Å². The highest BCUT2D eigenvalue weighted by molar-refractivity contribution is 5.76. The third-order valence-electron chi connectivity index (χ3n) is 2.88. The summed E-state index contributed by atoms with van der Waals surface area (Å²) in [5.41, 5.74) is 8.79. The Morgan fingerprint density at radius 3 is 2.60 bits per heavy atom. The van der Waals surface area contributed by atoms with Crippen molar-refractivity contribution in [2.45, 2.75) is 6.92 Å². The number of hydrogen-bond donors (Lipinski definition) is 2. The standard InChI is InChI=1S/C14H12N4O2/c1-9-2-3-10(8-15)6-14(9)17-13-5-4-11(18(19)20)7-12(13)16/h2-7,17H,16H2,1H3. The molecule has 0 radical (unpaired) electrons. The SMILES string of the molecule is Cc1ccc(C#N)cc1Nc1ccc([N+](=O)[O-])cc1N. The van der Waals surface area contributed by atoms with E-state index in [1.165, 1.54) is 12.1 Å². The molecule has 2 aromatic carbocycles. The minimum Gasteiger partial charge on any atom is -0.397 e. The number of benzene rings is 2. The van der Waals surface area contributed by atoms with Crippen LogP contribution in [0.2, 0.25) is 0 Å². The molecule has 0 heterocycles. The van der Waals surface area contributed by atoms with Crippen molar-refractivity contribution < 1.29 is 4.92 Å². The Balaban J connectivity index is 2.35. The first-order chi connectivity index (χ1) is 9.51. The fourth-order valence-corrected chi connectivity index (χ4v) is 1.75. The average Bonchev–Trinajstić information content (AvgIpc) is 2.43. The lowest BCUT2D eigenvalue weighted by Gasteiger charge is -2.11. The second kappa shape index (κ2) is 5.28. The number of nitrogen functional groups attached to an aromatic ring is 1. The van der Waals surface area contributed by atoms with Crippen molar-refractivity contribution in [1.29, 1.82) is 5.26 Å². The van der Waals surface area contributed by atoms with Crippen LogP contribution < -0.4 is 11.1 Å². The van der Waals surface area contributed by atoms with Gasteiger partial charge in [0.05, 0.1) is 27.9 Å². The normalized spacial score (nSPS) is 9.80. The number of nitrogens with zero attached hydrogens (tertiary/aromatic N) is 2. The van der Waals surface area contributed by atoms with Gasteiger partial charge in [0.15, 0.2) is 0 Å². The van der Waals surface area contributed by atoms with Crippen LogP contribution in [0, 0.1) is 28.4 Å². The maximum atomic E-state index is 10.7. The van der Waals surface area contributed by atoms with Crippen molar-refractivity contribution in [2.75, 3.05) is 11.1 Å². The molecule has 100 valence electrons. The van der Waals surface area contributed by atoms with E-state index in [0.29, 0.717) is 11.3 Å². The van der Waals surface area contributed by atoms with E-state index in [9.17, 15) is 10.1 Å². The number of rotatable bonds is 3. The summed E-state index contributed by atoms with van der Waals surface area (Å²) in [6.07, 6.45) is 0. The molecule has 6 nitrogen and oxygen atoms in total. The van der Waals surface area contributed by atoms with Gasteiger partial charge in [0.1, 0.15) is 0 Å². The summed E-state index contributed by atoms with van der Waals surface area (Å²) in [5, 5.41) is 22.6. The largest absolute Gasteiger partial charge is 0.397 e. The quantitative estimate of drug-likeness (QED) is 0.505. The predicted molar refractivity (Wildman–Crippen MR) is 76.7 cm³/mol. The third-order valence-corrected chi connectivity index (χ3v) is 2.88. The molecule has 0 saturated carbocycles. The summed E-state index contributed by atoms with van der Waals surface area (Å²) in [7, 11) is 0. The van der Waals surface area contributed by atoms with Crippen molar-refractivity contribution in [3.8, 4) is 6.07 Å². The van der Waals surface area contributed by atoms with Crippen LogP contribution in [0.1, 0.15) is 11.1 Å². The fraction of sp³-hybridized carbons (Fsp3) is 0.0714. The van der Waals surface area contributed by atoms with Gasteiger partial charge in [0, 0.05) is 17.8 Å². The molecule has 0 aliphatic rings. The van der Waals surface area contributed by atoms with Gasteiger partial charge in [-0.05, 0) is 30.7 Å². The van der Waals surface area contributed by atoms with Crippen LogP contribution in [0.5, 0.6) is 0 Å². The molecule has 0 aromatic heterocycles. The Morgan fingerprint density at radius 2 is 2.00 bits per heavy atom. The number of nitro benzene ring substituents is 1. The lowest BCUT2D eigenvalue weighted by molar-refractivity contribution is -0.384. The molecule has 0 spiro atoms. The van der Waals surface area contributed by atoms with Crippen LogP contribution >= 0.6 is 0 Å². The van der Waals surface area contributed by atoms with Gasteiger partial charge < -0.3 is 11.1 Å². The molecule has 0 aliphatic heterocycles. The molecule has 0 aliphatic carbocycles. The van der Waals surface area contributed by atoms with Gasteiger partial charge in [-0.25, -0.2) is 0 Å². The van der Waals surface area contributed by atoms with Gasteiger partial charge in [-0.3, -0.25) is 10.1 Å². The van der Waals surface area contributed by atoms with Gasteiger partial charge in [-0.15, -0.1) is 0 Å². The van der Waals surface area contributed by atoms with E-state index in [-0.39, 0.29) is 11.4 Å². The summed E-state index contributed by atoms with van der Waals surface area (Å²) in [4.78, 5) is 10.2. The van der Waals surface area contributed by atoms with E-state index >= 15 is 0 Å². The first kappa shape index (κ1) is 13.4. The zero-order valence-corrected chi connectivity index (χ0v) is 10.8. The van der Waals surface area contributed by atoms with E-state index in [0.717, 1.165) is 11.3 Å². The summed E-state index contributed by atoms with van der Waals surface area (Å²) >= 11 is 0. The Morgan fingerprint density at radius 1 is 1.25 bits per heavy atom.